The standard InChI is InChI=1S/C48H37FN2/c1-32-23-25-36(26-24-32)50(45-22-11-14-33-13-7-8-19-39(33)45)38-27-28-42-43(30-38)48(2,3)44-31-46(40-20-9-10-21-41(40)47(42)44)51(35-16-5-4-6-17-35)37-18-12-15-34(49)29-37/h4-31H,1-3H3. The Morgan fingerprint density at radius 2 is 1.04 bits per heavy atom. The zero-order valence-electron chi connectivity index (χ0n) is 28.9. The maximum absolute atomic E-state index is 14.8. The van der Waals surface area contributed by atoms with Crippen molar-refractivity contribution in [1.82, 2.24) is 0 Å². The van der Waals surface area contributed by atoms with E-state index in [0.717, 1.165) is 39.5 Å². The number of hydrogen-bond donors (Lipinski definition) is 0. The van der Waals surface area contributed by atoms with Gasteiger partial charge in [0.2, 0.25) is 0 Å². The molecule has 0 spiro atoms. The second-order valence-electron chi connectivity index (χ2n) is 14.0. The lowest BCUT2D eigenvalue weighted by Gasteiger charge is -2.30. The smallest absolute Gasteiger partial charge is 0.125 e. The number of para-hydroxylation sites is 1. The molecule has 0 fully saturated rings. The molecule has 0 N–H and O–H groups in total. The summed E-state index contributed by atoms with van der Waals surface area (Å²) < 4.78 is 14.8. The first-order valence-electron chi connectivity index (χ1n) is 17.5. The highest BCUT2D eigenvalue weighted by molar-refractivity contribution is 6.10. The van der Waals surface area contributed by atoms with Gasteiger partial charge in [0.15, 0.2) is 0 Å². The first-order chi connectivity index (χ1) is 24.9. The molecule has 0 aliphatic heterocycles. The van der Waals surface area contributed by atoms with E-state index in [1.807, 2.05) is 24.3 Å². The summed E-state index contributed by atoms with van der Waals surface area (Å²) >= 11 is 0. The Labute approximate surface area is 298 Å². The Balaban J connectivity index is 1.27. The van der Waals surface area contributed by atoms with Crippen molar-refractivity contribution in [3.8, 4) is 11.1 Å². The highest BCUT2D eigenvalue weighted by Gasteiger charge is 2.38. The summed E-state index contributed by atoms with van der Waals surface area (Å²) in [5, 5.41) is 4.72. The third kappa shape index (κ3) is 5.08. The number of anilines is 6. The molecule has 1 aliphatic rings. The van der Waals surface area contributed by atoms with Crippen LogP contribution < -0.4 is 9.80 Å². The molecule has 246 valence electrons. The van der Waals surface area contributed by atoms with Gasteiger partial charge >= 0.3 is 0 Å². The molecule has 9 rings (SSSR count). The van der Waals surface area contributed by atoms with Crippen LogP contribution in [-0.4, -0.2) is 0 Å². The van der Waals surface area contributed by atoms with E-state index in [-0.39, 0.29) is 11.2 Å². The summed E-state index contributed by atoms with van der Waals surface area (Å²) in [4.78, 5) is 4.58. The van der Waals surface area contributed by atoms with Crippen molar-refractivity contribution in [3.05, 3.63) is 192 Å². The number of halogens is 1. The molecule has 1 aliphatic carbocycles. The average Bonchev–Trinajstić information content (AvgIpc) is 3.38. The van der Waals surface area contributed by atoms with Crippen LogP contribution in [0.15, 0.2) is 170 Å². The van der Waals surface area contributed by atoms with E-state index in [1.54, 1.807) is 12.1 Å². The molecule has 0 bridgehead atoms. The fraction of sp³-hybridized carbons (Fsp3) is 0.0833. The number of rotatable bonds is 6. The number of fused-ring (bicyclic) bond motifs is 6. The van der Waals surface area contributed by atoms with Crippen molar-refractivity contribution in [2.75, 3.05) is 9.80 Å². The van der Waals surface area contributed by atoms with Crippen molar-refractivity contribution in [2.45, 2.75) is 26.2 Å². The molecule has 3 heteroatoms. The van der Waals surface area contributed by atoms with Gasteiger partial charge in [-0.3, -0.25) is 0 Å². The lowest BCUT2D eigenvalue weighted by Crippen LogP contribution is -2.18. The topological polar surface area (TPSA) is 6.48 Å². The highest BCUT2D eigenvalue weighted by Crippen LogP contribution is 2.56. The van der Waals surface area contributed by atoms with Gasteiger partial charge in [0.25, 0.3) is 0 Å². The second-order valence-corrected chi connectivity index (χ2v) is 14.0. The summed E-state index contributed by atoms with van der Waals surface area (Å²) in [6, 6.07) is 59.1. The minimum absolute atomic E-state index is 0.261. The average molecular weight is 661 g/mol. The third-order valence-corrected chi connectivity index (χ3v) is 10.5. The van der Waals surface area contributed by atoms with Crippen LogP contribution in [0.2, 0.25) is 0 Å². The molecule has 0 aromatic heterocycles. The fourth-order valence-corrected chi connectivity index (χ4v) is 8.02. The molecule has 0 amide bonds. The van der Waals surface area contributed by atoms with Crippen molar-refractivity contribution in [1.29, 1.82) is 0 Å². The van der Waals surface area contributed by atoms with Gasteiger partial charge in [-0.05, 0) is 107 Å². The van der Waals surface area contributed by atoms with Crippen LogP contribution in [0.3, 0.4) is 0 Å². The van der Waals surface area contributed by atoms with E-state index in [4.69, 9.17) is 0 Å². The lowest BCUT2D eigenvalue weighted by atomic mass is 9.81. The van der Waals surface area contributed by atoms with Gasteiger partial charge in [0.1, 0.15) is 5.82 Å². The van der Waals surface area contributed by atoms with E-state index in [2.05, 4.69) is 158 Å². The van der Waals surface area contributed by atoms with Gasteiger partial charge in [-0.1, -0.05) is 123 Å². The highest BCUT2D eigenvalue weighted by atomic mass is 19.1. The molecule has 0 unspecified atom stereocenters. The molecule has 0 atom stereocenters. The van der Waals surface area contributed by atoms with Crippen molar-refractivity contribution in [2.24, 2.45) is 0 Å². The number of hydrogen-bond acceptors (Lipinski definition) is 2. The molecule has 51 heavy (non-hydrogen) atoms. The minimum Gasteiger partial charge on any atom is -0.310 e. The van der Waals surface area contributed by atoms with Crippen LogP contribution >= 0.6 is 0 Å². The first kappa shape index (κ1) is 30.8. The summed E-state index contributed by atoms with van der Waals surface area (Å²) in [6.45, 7) is 6.80. The lowest BCUT2D eigenvalue weighted by molar-refractivity contribution is 0.628. The Bertz CT molecular complexity index is 2580. The van der Waals surface area contributed by atoms with Crippen molar-refractivity contribution >= 4 is 55.7 Å². The molecule has 0 saturated heterocycles. The van der Waals surface area contributed by atoms with E-state index in [1.165, 1.54) is 50.0 Å². The molecular weight excluding hydrogens is 624 g/mol. The zero-order valence-corrected chi connectivity index (χ0v) is 28.9. The van der Waals surface area contributed by atoms with Crippen LogP contribution in [0.25, 0.3) is 32.7 Å². The molecule has 0 saturated carbocycles. The number of benzene rings is 8. The van der Waals surface area contributed by atoms with Crippen LogP contribution in [0.4, 0.5) is 38.5 Å². The minimum atomic E-state index is -0.318. The monoisotopic (exact) mass is 660 g/mol. The van der Waals surface area contributed by atoms with E-state index in [0.29, 0.717) is 0 Å². The van der Waals surface area contributed by atoms with Crippen LogP contribution in [0, 0.1) is 12.7 Å². The predicted molar refractivity (Wildman–Crippen MR) is 213 cm³/mol. The second kappa shape index (κ2) is 12.0. The maximum Gasteiger partial charge on any atom is 0.125 e. The predicted octanol–water partition coefficient (Wildman–Crippen LogP) is 13.7. The summed E-state index contributed by atoms with van der Waals surface area (Å²) in [5.74, 6) is -0.261. The SMILES string of the molecule is Cc1ccc(N(c2ccc3c(c2)C(C)(C)c2cc(N(c4ccccc4)c4cccc(F)c4)c4ccccc4c2-3)c2cccc3ccccc23)cc1. The van der Waals surface area contributed by atoms with Crippen molar-refractivity contribution < 1.29 is 4.39 Å². The molecule has 8 aromatic rings. The van der Waals surface area contributed by atoms with Crippen LogP contribution in [-0.2, 0) is 5.41 Å². The quantitative estimate of drug-likeness (QED) is 0.175. The maximum atomic E-state index is 14.8. The van der Waals surface area contributed by atoms with Crippen LogP contribution in [0.1, 0.15) is 30.5 Å². The zero-order chi connectivity index (χ0) is 34.7. The van der Waals surface area contributed by atoms with Gasteiger partial charge in [0.05, 0.1) is 11.4 Å². The Morgan fingerprint density at radius 3 is 1.82 bits per heavy atom. The Kier molecular flexibility index (Phi) is 7.25. The van der Waals surface area contributed by atoms with Gasteiger partial charge in [0, 0.05) is 38.9 Å². The largest absolute Gasteiger partial charge is 0.310 e. The van der Waals surface area contributed by atoms with E-state index >= 15 is 0 Å². The summed E-state index contributed by atoms with van der Waals surface area (Å²) in [7, 11) is 0. The molecular formula is C48H37FN2. The molecule has 8 aromatic carbocycles. The van der Waals surface area contributed by atoms with Gasteiger partial charge < -0.3 is 9.80 Å². The van der Waals surface area contributed by atoms with Gasteiger partial charge in [-0.15, -0.1) is 0 Å². The van der Waals surface area contributed by atoms with E-state index < -0.39 is 0 Å². The molecule has 2 nitrogen and oxygen atoms in total. The molecule has 0 radical (unpaired) electrons. The number of nitrogens with zero attached hydrogens (tertiary/aromatic N) is 2. The van der Waals surface area contributed by atoms with Crippen LogP contribution in [0.5, 0.6) is 0 Å². The third-order valence-electron chi connectivity index (χ3n) is 10.5. The number of aryl methyl sites for hydroxylation is 1. The van der Waals surface area contributed by atoms with Gasteiger partial charge in [-0.25, -0.2) is 4.39 Å². The van der Waals surface area contributed by atoms with Gasteiger partial charge in [-0.2, -0.15) is 0 Å². The normalized spacial score (nSPS) is 12.9. The first-order valence-corrected chi connectivity index (χ1v) is 17.5. The summed E-state index contributed by atoms with van der Waals surface area (Å²) in [5.41, 5.74) is 12.1. The van der Waals surface area contributed by atoms with E-state index in [9.17, 15) is 4.39 Å². The summed E-state index contributed by atoms with van der Waals surface area (Å²) in [6.07, 6.45) is 0. The Morgan fingerprint density at radius 1 is 0.451 bits per heavy atom. The van der Waals surface area contributed by atoms with Crippen molar-refractivity contribution in [3.63, 3.8) is 0 Å². The Hall–Kier alpha value is -6.19. The molecule has 0 heterocycles. The fourth-order valence-electron chi connectivity index (χ4n) is 8.02.